The number of pyridine rings is 1. The fourth-order valence-corrected chi connectivity index (χ4v) is 2.15. The summed E-state index contributed by atoms with van der Waals surface area (Å²) in [5, 5.41) is 16.4. The Bertz CT molecular complexity index is 348. The summed E-state index contributed by atoms with van der Waals surface area (Å²) in [4.78, 5) is 4.14. The summed E-state index contributed by atoms with van der Waals surface area (Å²) in [7, 11) is 1.84. The Balaban J connectivity index is 1.93. The minimum Gasteiger partial charge on any atom is -0.388 e. The molecule has 0 saturated heterocycles. The molecule has 0 spiro atoms. The van der Waals surface area contributed by atoms with Gasteiger partial charge < -0.3 is 15.7 Å². The second kappa shape index (κ2) is 4.70. The molecule has 1 fully saturated rings. The Morgan fingerprint density at radius 1 is 1.44 bits per heavy atom. The van der Waals surface area contributed by atoms with Gasteiger partial charge in [-0.2, -0.15) is 0 Å². The molecule has 3 N–H and O–H groups in total. The molecular weight excluding hydrogens is 202 g/mol. The first-order valence-electron chi connectivity index (χ1n) is 5.82. The monoisotopic (exact) mass is 221 g/mol. The molecule has 1 aliphatic carbocycles. The van der Waals surface area contributed by atoms with Gasteiger partial charge in [0.2, 0.25) is 0 Å². The highest BCUT2D eigenvalue weighted by atomic mass is 16.3. The smallest absolute Gasteiger partial charge is 0.127 e. The molecule has 0 aromatic carbocycles. The Labute approximate surface area is 96.1 Å². The number of anilines is 2. The summed E-state index contributed by atoms with van der Waals surface area (Å²) >= 11 is 0. The molecule has 0 atom stereocenters. The van der Waals surface area contributed by atoms with E-state index in [1.807, 2.05) is 19.2 Å². The molecule has 1 heterocycles. The molecule has 1 saturated carbocycles. The summed E-state index contributed by atoms with van der Waals surface area (Å²) in [6.45, 7) is 0.625. The van der Waals surface area contributed by atoms with Crippen LogP contribution in [0.1, 0.15) is 25.7 Å². The van der Waals surface area contributed by atoms with Crippen LogP contribution < -0.4 is 10.6 Å². The van der Waals surface area contributed by atoms with E-state index in [0.29, 0.717) is 6.54 Å². The predicted octanol–water partition coefficient (Wildman–Crippen LogP) is 1.84. The van der Waals surface area contributed by atoms with Crippen molar-refractivity contribution in [3.05, 3.63) is 18.3 Å². The molecule has 0 radical (unpaired) electrons. The summed E-state index contributed by atoms with van der Waals surface area (Å²) in [6, 6.07) is 3.86. The molecule has 0 bridgehead atoms. The molecule has 4 nitrogen and oxygen atoms in total. The van der Waals surface area contributed by atoms with Crippen LogP contribution in [0.3, 0.4) is 0 Å². The van der Waals surface area contributed by atoms with Crippen molar-refractivity contribution < 1.29 is 5.11 Å². The number of hydrogen-bond acceptors (Lipinski definition) is 4. The standard InChI is InChI=1S/C12H19N3O/c1-13-11-8-10(4-7-14-11)15-9-12(16)5-2-3-6-12/h4,7-8,16H,2-3,5-6,9H2,1H3,(H2,13,14,15). The molecule has 1 aliphatic rings. The Hall–Kier alpha value is -1.29. The first-order valence-corrected chi connectivity index (χ1v) is 5.82. The largest absolute Gasteiger partial charge is 0.388 e. The van der Waals surface area contributed by atoms with Crippen LogP contribution >= 0.6 is 0 Å². The zero-order valence-electron chi connectivity index (χ0n) is 9.66. The molecule has 0 amide bonds. The number of nitrogens with one attached hydrogen (secondary N) is 2. The average Bonchev–Trinajstić information content (AvgIpc) is 2.75. The van der Waals surface area contributed by atoms with Crippen molar-refractivity contribution in [2.45, 2.75) is 31.3 Å². The molecule has 0 aliphatic heterocycles. The SMILES string of the molecule is CNc1cc(NCC2(O)CCCC2)ccn1. The summed E-state index contributed by atoms with van der Waals surface area (Å²) in [6.07, 6.45) is 5.84. The van der Waals surface area contributed by atoms with E-state index in [1.54, 1.807) is 6.20 Å². The lowest BCUT2D eigenvalue weighted by molar-refractivity contribution is 0.0615. The molecule has 16 heavy (non-hydrogen) atoms. The van der Waals surface area contributed by atoms with Crippen molar-refractivity contribution in [1.82, 2.24) is 4.98 Å². The van der Waals surface area contributed by atoms with Gasteiger partial charge in [-0.25, -0.2) is 4.98 Å². The van der Waals surface area contributed by atoms with Crippen LogP contribution in [0, 0.1) is 0 Å². The Morgan fingerprint density at radius 3 is 2.88 bits per heavy atom. The van der Waals surface area contributed by atoms with Crippen LogP contribution in [0.15, 0.2) is 18.3 Å². The second-order valence-corrected chi connectivity index (χ2v) is 4.46. The first kappa shape index (κ1) is 11.2. The van der Waals surface area contributed by atoms with Gasteiger partial charge in [-0.1, -0.05) is 12.8 Å². The van der Waals surface area contributed by atoms with Crippen molar-refractivity contribution >= 4 is 11.5 Å². The van der Waals surface area contributed by atoms with Gasteiger partial charge >= 0.3 is 0 Å². The van der Waals surface area contributed by atoms with Gasteiger partial charge in [0.25, 0.3) is 0 Å². The average molecular weight is 221 g/mol. The number of rotatable bonds is 4. The summed E-state index contributed by atoms with van der Waals surface area (Å²) in [5.41, 5.74) is 0.489. The quantitative estimate of drug-likeness (QED) is 0.726. The molecular formula is C12H19N3O. The molecule has 1 aromatic rings. The molecule has 1 aromatic heterocycles. The molecule has 4 heteroatoms. The normalized spacial score (nSPS) is 18.4. The minimum atomic E-state index is -0.511. The van der Waals surface area contributed by atoms with Gasteiger partial charge in [0.1, 0.15) is 5.82 Å². The van der Waals surface area contributed by atoms with E-state index in [2.05, 4.69) is 15.6 Å². The van der Waals surface area contributed by atoms with E-state index in [-0.39, 0.29) is 0 Å². The Morgan fingerprint density at radius 2 is 2.19 bits per heavy atom. The second-order valence-electron chi connectivity index (χ2n) is 4.46. The lowest BCUT2D eigenvalue weighted by Crippen LogP contribution is -2.33. The minimum absolute atomic E-state index is 0.511. The molecule has 88 valence electrons. The summed E-state index contributed by atoms with van der Waals surface area (Å²) in [5.74, 6) is 0.836. The molecule has 2 rings (SSSR count). The van der Waals surface area contributed by atoms with Crippen LogP contribution in [0.25, 0.3) is 0 Å². The zero-order chi connectivity index (χ0) is 11.4. The lowest BCUT2D eigenvalue weighted by atomic mass is 10.0. The highest BCUT2D eigenvalue weighted by molar-refractivity contribution is 5.51. The van der Waals surface area contributed by atoms with Gasteiger partial charge in [-0.15, -0.1) is 0 Å². The van der Waals surface area contributed by atoms with E-state index in [9.17, 15) is 5.11 Å². The van der Waals surface area contributed by atoms with Gasteiger partial charge in [0, 0.05) is 31.5 Å². The highest BCUT2D eigenvalue weighted by Crippen LogP contribution is 2.29. The van der Waals surface area contributed by atoms with Gasteiger partial charge in [-0.3, -0.25) is 0 Å². The van der Waals surface area contributed by atoms with Gasteiger partial charge in [0.05, 0.1) is 5.60 Å². The van der Waals surface area contributed by atoms with Crippen molar-refractivity contribution in [1.29, 1.82) is 0 Å². The number of aromatic nitrogens is 1. The van der Waals surface area contributed by atoms with Gasteiger partial charge in [0.15, 0.2) is 0 Å². The lowest BCUT2D eigenvalue weighted by Gasteiger charge is -2.23. The zero-order valence-corrected chi connectivity index (χ0v) is 9.66. The Kier molecular flexibility index (Phi) is 3.29. The van der Waals surface area contributed by atoms with E-state index < -0.39 is 5.60 Å². The maximum Gasteiger partial charge on any atom is 0.127 e. The number of nitrogens with zero attached hydrogens (tertiary/aromatic N) is 1. The van der Waals surface area contributed by atoms with Crippen molar-refractivity contribution in [2.75, 3.05) is 24.2 Å². The van der Waals surface area contributed by atoms with Crippen LogP contribution in [-0.2, 0) is 0 Å². The third-order valence-corrected chi connectivity index (χ3v) is 3.17. The van der Waals surface area contributed by atoms with E-state index in [4.69, 9.17) is 0 Å². The predicted molar refractivity (Wildman–Crippen MR) is 65.7 cm³/mol. The first-order chi connectivity index (χ1) is 7.72. The van der Waals surface area contributed by atoms with Gasteiger partial charge in [-0.05, 0) is 18.9 Å². The highest BCUT2D eigenvalue weighted by Gasteiger charge is 2.30. The fourth-order valence-electron chi connectivity index (χ4n) is 2.15. The molecule has 0 unspecified atom stereocenters. The van der Waals surface area contributed by atoms with Crippen molar-refractivity contribution in [3.63, 3.8) is 0 Å². The van der Waals surface area contributed by atoms with Crippen LogP contribution in [0.4, 0.5) is 11.5 Å². The maximum atomic E-state index is 10.2. The van der Waals surface area contributed by atoms with Crippen molar-refractivity contribution in [2.24, 2.45) is 0 Å². The number of hydrogen-bond donors (Lipinski definition) is 3. The van der Waals surface area contributed by atoms with Crippen molar-refractivity contribution in [3.8, 4) is 0 Å². The van der Waals surface area contributed by atoms with Crippen LogP contribution in [-0.4, -0.2) is 29.3 Å². The van der Waals surface area contributed by atoms with E-state index >= 15 is 0 Å². The third kappa shape index (κ3) is 2.64. The number of aliphatic hydroxyl groups is 1. The van der Waals surface area contributed by atoms with Crippen LogP contribution in [0.2, 0.25) is 0 Å². The topological polar surface area (TPSA) is 57.2 Å². The third-order valence-electron chi connectivity index (χ3n) is 3.17. The van der Waals surface area contributed by atoms with E-state index in [0.717, 1.165) is 37.2 Å². The van der Waals surface area contributed by atoms with Crippen LogP contribution in [0.5, 0.6) is 0 Å². The fraction of sp³-hybridized carbons (Fsp3) is 0.583. The summed E-state index contributed by atoms with van der Waals surface area (Å²) < 4.78 is 0. The van der Waals surface area contributed by atoms with E-state index in [1.165, 1.54) is 0 Å². The maximum absolute atomic E-state index is 10.2.